The smallest absolute Gasteiger partial charge is 0.233 e. The number of thioether (sulfide) groups is 1. The Hall–Kier alpha value is -1.98. The summed E-state index contributed by atoms with van der Waals surface area (Å²) in [6, 6.07) is 0.268. The van der Waals surface area contributed by atoms with Gasteiger partial charge < -0.3 is 15.1 Å². The van der Waals surface area contributed by atoms with Crippen molar-refractivity contribution in [3.8, 4) is 0 Å². The lowest BCUT2D eigenvalue weighted by molar-refractivity contribution is -0.155. The number of nitrogens with one attached hydrogen (secondary N) is 1. The van der Waals surface area contributed by atoms with Crippen LogP contribution in [0, 0.1) is 17.7 Å². The van der Waals surface area contributed by atoms with Crippen molar-refractivity contribution >= 4 is 29.9 Å². The number of aromatic nitrogens is 2. The zero-order chi connectivity index (χ0) is 24.0. The average molecular weight is 483 g/mol. The lowest BCUT2D eigenvalue weighted by Crippen LogP contribution is -2.50. The summed E-state index contributed by atoms with van der Waals surface area (Å²) in [5, 5.41) is 13.4. The van der Waals surface area contributed by atoms with Gasteiger partial charge in [0.15, 0.2) is 16.8 Å². The van der Waals surface area contributed by atoms with Crippen molar-refractivity contribution in [2.24, 2.45) is 11.8 Å². The number of rotatable bonds is 10. The number of carbonyl (C=O) groups excluding carboxylic acids is 2. The topological polar surface area (TPSA) is 102 Å². The summed E-state index contributed by atoms with van der Waals surface area (Å²) >= 11 is 1.33. The van der Waals surface area contributed by atoms with E-state index in [1.807, 2.05) is 18.2 Å². The maximum absolute atomic E-state index is 15.4. The Morgan fingerprint density at radius 1 is 1.36 bits per heavy atom. The van der Waals surface area contributed by atoms with Gasteiger partial charge in [-0.2, -0.15) is 0 Å². The Kier molecular flexibility index (Phi) is 9.27. The van der Waals surface area contributed by atoms with Crippen molar-refractivity contribution in [1.82, 2.24) is 25.2 Å². The summed E-state index contributed by atoms with van der Waals surface area (Å²) in [5.41, 5.74) is 0.139. The number of hydroxylamine groups is 2. The number of hydrogen-bond donors (Lipinski definition) is 2. The van der Waals surface area contributed by atoms with Crippen LogP contribution in [0.3, 0.4) is 0 Å². The monoisotopic (exact) mass is 482 g/mol. The van der Waals surface area contributed by atoms with E-state index in [1.165, 1.54) is 11.8 Å². The van der Waals surface area contributed by atoms with E-state index in [0.29, 0.717) is 42.1 Å². The van der Waals surface area contributed by atoms with Gasteiger partial charge in [-0.25, -0.2) is 19.4 Å². The van der Waals surface area contributed by atoms with Gasteiger partial charge in [-0.1, -0.05) is 37.4 Å². The second-order valence-corrected chi connectivity index (χ2v) is 9.87. The van der Waals surface area contributed by atoms with Crippen LogP contribution in [0.5, 0.6) is 0 Å². The van der Waals surface area contributed by atoms with Gasteiger partial charge in [-0.3, -0.25) is 14.8 Å². The molecule has 0 bridgehead atoms. The molecule has 0 unspecified atom stereocenters. The van der Waals surface area contributed by atoms with Crippen molar-refractivity contribution in [2.45, 2.75) is 56.8 Å². The lowest BCUT2D eigenvalue weighted by atomic mass is 9.92. The number of anilines is 1. The van der Waals surface area contributed by atoms with Crippen molar-refractivity contribution in [1.29, 1.82) is 0 Å². The molecule has 0 radical (unpaired) electrons. The summed E-state index contributed by atoms with van der Waals surface area (Å²) in [6.45, 7) is 4.06. The molecule has 2 fully saturated rings. The third-order valence-electron chi connectivity index (χ3n) is 6.75. The highest BCUT2D eigenvalue weighted by Crippen LogP contribution is 2.31. The Labute approximate surface area is 199 Å². The fourth-order valence-corrected chi connectivity index (χ4v) is 4.99. The summed E-state index contributed by atoms with van der Waals surface area (Å²) in [6.07, 6.45) is 7.07. The predicted molar refractivity (Wildman–Crippen MR) is 125 cm³/mol. The standard InChI is InChI=1S/C22H35FN6O3S/c1-15-12-28(9-8-27(15)2)20-19(23)18(25-22(26-20)33-3)11-24-21(31)17(13-29(32)14-30)10-16-6-4-5-7-16/h14-17,32H,4-13H2,1-3H3,(H,24,31)/t15-,17-/m1/s1. The first-order chi connectivity index (χ1) is 15.8. The molecule has 1 saturated carbocycles. The molecule has 2 heterocycles. The summed E-state index contributed by atoms with van der Waals surface area (Å²) in [7, 11) is 2.05. The van der Waals surface area contributed by atoms with E-state index < -0.39 is 11.7 Å². The van der Waals surface area contributed by atoms with Crippen molar-refractivity contribution < 1.29 is 19.2 Å². The molecule has 1 aromatic heterocycles. The molecule has 1 saturated heterocycles. The summed E-state index contributed by atoms with van der Waals surface area (Å²) in [5.74, 6) is -0.740. The van der Waals surface area contributed by atoms with E-state index in [9.17, 15) is 14.8 Å². The van der Waals surface area contributed by atoms with E-state index in [2.05, 4.69) is 27.1 Å². The van der Waals surface area contributed by atoms with Crippen molar-refractivity contribution in [3.63, 3.8) is 0 Å². The normalized spacial score (nSPS) is 20.6. The summed E-state index contributed by atoms with van der Waals surface area (Å²) < 4.78 is 15.4. The first-order valence-electron chi connectivity index (χ1n) is 11.6. The zero-order valence-electron chi connectivity index (χ0n) is 19.7. The van der Waals surface area contributed by atoms with Crippen LogP contribution < -0.4 is 10.2 Å². The molecule has 0 spiro atoms. The van der Waals surface area contributed by atoms with E-state index in [4.69, 9.17) is 0 Å². The zero-order valence-corrected chi connectivity index (χ0v) is 20.5. The van der Waals surface area contributed by atoms with Crippen LogP contribution in [0.1, 0.15) is 44.7 Å². The molecule has 2 aliphatic rings. The van der Waals surface area contributed by atoms with Crippen LogP contribution in [-0.2, 0) is 16.1 Å². The lowest BCUT2D eigenvalue weighted by Gasteiger charge is -2.38. The second-order valence-electron chi connectivity index (χ2n) is 9.10. The van der Waals surface area contributed by atoms with E-state index in [-0.39, 0.29) is 36.6 Å². The first-order valence-corrected chi connectivity index (χ1v) is 12.8. The predicted octanol–water partition coefficient (Wildman–Crippen LogP) is 2.14. The fourth-order valence-electron chi connectivity index (χ4n) is 4.61. The van der Waals surface area contributed by atoms with E-state index in [1.54, 1.807) is 0 Å². The molecule has 2 atom stereocenters. The maximum atomic E-state index is 15.4. The van der Waals surface area contributed by atoms with Gasteiger partial charge >= 0.3 is 0 Å². The fraction of sp³-hybridized carbons (Fsp3) is 0.727. The van der Waals surface area contributed by atoms with Gasteiger partial charge in [0.2, 0.25) is 12.3 Å². The van der Waals surface area contributed by atoms with Crippen molar-refractivity contribution in [3.05, 3.63) is 11.5 Å². The third kappa shape index (κ3) is 6.77. The third-order valence-corrected chi connectivity index (χ3v) is 7.29. The van der Waals surface area contributed by atoms with Gasteiger partial charge in [0.05, 0.1) is 19.0 Å². The van der Waals surface area contributed by atoms with Gasteiger partial charge in [0.25, 0.3) is 0 Å². The molecule has 1 aromatic rings. The van der Waals surface area contributed by atoms with Crippen LogP contribution in [0.2, 0.25) is 0 Å². The molecule has 184 valence electrons. The second kappa shape index (κ2) is 11.9. The molecule has 3 rings (SSSR count). The highest BCUT2D eigenvalue weighted by atomic mass is 32.2. The molecule has 9 nitrogen and oxygen atoms in total. The van der Waals surface area contributed by atoms with Crippen LogP contribution in [0.25, 0.3) is 0 Å². The minimum absolute atomic E-state index is 0.0786. The Balaban J connectivity index is 1.72. The molecular formula is C22H35FN6O3S. The number of amides is 2. The number of carbonyl (C=O) groups is 2. The minimum atomic E-state index is -0.564. The SMILES string of the molecule is CSc1nc(CNC(=O)[C@H](CC2CCCC2)CN(O)C=O)c(F)c(N2CCN(C)[C@H](C)C2)n1. The molecule has 11 heteroatoms. The van der Waals surface area contributed by atoms with Crippen LogP contribution in [-0.4, -0.2) is 83.0 Å². The Bertz CT molecular complexity index is 826. The van der Waals surface area contributed by atoms with Crippen molar-refractivity contribution in [2.75, 3.05) is 44.4 Å². The molecule has 2 N–H and O–H groups in total. The van der Waals surface area contributed by atoms with Crippen LogP contribution in [0.15, 0.2) is 5.16 Å². The molecule has 1 aliphatic heterocycles. The van der Waals surface area contributed by atoms with Gasteiger partial charge in [-0.05, 0) is 32.6 Å². The van der Waals surface area contributed by atoms with Gasteiger partial charge in [0, 0.05) is 25.7 Å². The molecule has 1 aliphatic carbocycles. The average Bonchev–Trinajstić information content (AvgIpc) is 3.32. The van der Waals surface area contributed by atoms with Gasteiger partial charge in [0.1, 0.15) is 5.69 Å². The number of piperazine rings is 1. The van der Waals surface area contributed by atoms with Crippen LogP contribution >= 0.6 is 11.8 Å². The summed E-state index contributed by atoms with van der Waals surface area (Å²) in [4.78, 5) is 36.7. The molecular weight excluding hydrogens is 447 g/mol. The van der Waals surface area contributed by atoms with Crippen LogP contribution in [0.4, 0.5) is 10.2 Å². The first kappa shape index (κ1) is 25.6. The largest absolute Gasteiger partial charge is 0.351 e. The number of halogens is 1. The van der Waals surface area contributed by atoms with E-state index >= 15 is 4.39 Å². The molecule has 0 aromatic carbocycles. The quantitative estimate of drug-likeness (QED) is 0.172. The van der Waals surface area contributed by atoms with E-state index in [0.717, 1.165) is 32.2 Å². The number of hydrogen-bond acceptors (Lipinski definition) is 8. The Morgan fingerprint density at radius 3 is 2.73 bits per heavy atom. The maximum Gasteiger partial charge on any atom is 0.233 e. The highest BCUT2D eigenvalue weighted by Gasteiger charge is 2.29. The molecule has 2 amide bonds. The molecule has 33 heavy (non-hydrogen) atoms. The highest BCUT2D eigenvalue weighted by molar-refractivity contribution is 7.98. The Morgan fingerprint density at radius 2 is 2.09 bits per heavy atom. The van der Waals surface area contributed by atoms with Gasteiger partial charge in [-0.15, -0.1) is 0 Å². The number of nitrogens with zero attached hydrogens (tertiary/aromatic N) is 5. The number of likely N-dealkylation sites (N-methyl/N-ethyl adjacent to an activating group) is 1. The minimum Gasteiger partial charge on any atom is -0.351 e.